The monoisotopic (exact) mass is 205 g/mol. The molecule has 58 valence electrons. The Labute approximate surface area is 69.5 Å². The molecule has 0 aromatic carbocycles. The molecule has 0 saturated heterocycles. The SMILES string of the molecule is CC1(NC(=O)CCBr)CC1. The van der Waals surface area contributed by atoms with Crippen LogP contribution in [0.5, 0.6) is 0 Å². The van der Waals surface area contributed by atoms with Crippen molar-refractivity contribution < 1.29 is 4.79 Å². The lowest BCUT2D eigenvalue weighted by molar-refractivity contribution is -0.121. The van der Waals surface area contributed by atoms with Gasteiger partial charge in [0.2, 0.25) is 5.91 Å². The molecule has 1 rings (SSSR count). The minimum atomic E-state index is 0.152. The number of rotatable bonds is 3. The van der Waals surface area contributed by atoms with Gasteiger partial charge in [-0.15, -0.1) is 0 Å². The van der Waals surface area contributed by atoms with Crippen LogP contribution in [0.15, 0.2) is 0 Å². The van der Waals surface area contributed by atoms with Crippen molar-refractivity contribution >= 4 is 21.8 Å². The van der Waals surface area contributed by atoms with Gasteiger partial charge in [0.05, 0.1) is 0 Å². The lowest BCUT2D eigenvalue weighted by Gasteiger charge is -2.09. The van der Waals surface area contributed by atoms with Crippen LogP contribution < -0.4 is 5.32 Å². The van der Waals surface area contributed by atoms with Gasteiger partial charge in [-0.3, -0.25) is 4.79 Å². The molecule has 1 amide bonds. The lowest BCUT2D eigenvalue weighted by atomic mass is 10.3. The van der Waals surface area contributed by atoms with E-state index in [4.69, 9.17) is 0 Å². The largest absolute Gasteiger partial charge is 0.351 e. The fourth-order valence-corrected chi connectivity index (χ4v) is 1.16. The van der Waals surface area contributed by atoms with Gasteiger partial charge in [0.25, 0.3) is 0 Å². The second-order valence-corrected chi connectivity index (χ2v) is 3.84. The van der Waals surface area contributed by atoms with E-state index in [-0.39, 0.29) is 11.4 Å². The molecule has 1 aliphatic carbocycles. The molecule has 1 aliphatic rings. The van der Waals surface area contributed by atoms with Gasteiger partial charge >= 0.3 is 0 Å². The first-order chi connectivity index (χ1) is 4.66. The maximum absolute atomic E-state index is 11.0. The number of nitrogens with one attached hydrogen (secondary N) is 1. The van der Waals surface area contributed by atoms with Gasteiger partial charge in [-0.2, -0.15) is 0 Å². The zero-order chi connectivity index (χ0) is 7.61. The van der Waals surface area contributed by atoms with Crippen molar-refractivity contribution in [3.8, 4) is 0 Å². The molecule has 0 heterocycles. The summed E-state index contributed by atoms with van der Waals surface area (Å²) in [5.41, 5.74) is 0.152. The third-order valence-electron chi connectivity index (χ3n) is 1.76. The molecule has 1 N–H and O–H groups in total. The van der Waals surface area contributed by atoms with E-state index < -0.39 is 0 Å². The minimum absolute atomic E-state index is 0.152. The molecule has 2 nitrogen and oxygen atoms in total. The number of amides is 1. The highest BCUT2D eigenvalue weighted by Crippen LogP contribution is 2.34. The smallest absolute Gasteiger partial charge is 0.221 e. The highest BCUT2D eigenvalue weighted by molar-refractivity contribution is 9.09. The normalized spacial score (nSPS) is 20.2. The van der Waals surface area contributed by atoms with Gasteiger partial charge in [-0.05, 0) is 19.8 Å². The van der Waals surface area contributed by atoms with E-state index in [9.17, 15) is 4.79 Å². The Morgan fingerprint density at radius 1 is 1.70 bits per heavy atom. The molecule has 1 fully saturated rings. The summed E-state index contributed by atoms with van der Waals surface area (Å²) >= 11 is 3.22. The summed E-state index contributed by atoms with van der Waals surface area (Å²) in [4.78, 5) is 11.0. The second-order valence-electron chi connectivity index (χ2n) is 3.05. The van der Waals surface area contributed by atoms with Crippen molar-refractivity contribution in [2.45, 2.75) is 31.7 Å². The molecule has 1 saturated carbocycles. The van der Waals surface area contributed by atoms with Gasteiger partial charge < -0.3 is 5.32 Å². The summed E-state index contributed by atoms with van der Waals surface area (Å²) in [6, 6.07) is 0. The third-order valence-corrected chi connectivity index (χ3v) is 2.16. The fraction of sp³-hybridized carbons (Fsp3) is 0.857. The zero-order valence-electron chi connectivity index (χ0n) is 6.11. The van der Waals surface area contributed by atoms with Crippen LogP contribution in [0.1, 0.15) is 26.2 Å². The first kappa shape index (κ1) is 8.05. The molecule has 0 aliphatic heterocycles. The third kappa shape index (κ3) is 2.29. The number of alkyl halides is 1. The Bertz CT molecular complexity index is 143. The van der Waals surface area contributed by atoms with Crippen molar-refractivity contribution in [2.75, 3.05) is 5.33 Å². The first-order valence-corrected chi connectivity index (χ1v) is 4.65. The summed E-state index contributed by atoms with van der Waals surface area (Å²) < 4.78 is 0. The van der Waals surface area contributed by atoms with Crippen molar-refractivity contribution in [1.82, 2.24) is 5.32 Å². The van der Waals surface area contributed by atoms with Gasteiger partial charge in [0, 0.05) is 17.3 Å². The van der Waals surface area contributed by atoms with Crippen molar-refractivity contribution in [3.05, 3.63) is 0 Å². The molecular formula is C7H12BrNO. The predicted octanol–water partition coefficient (Wildman–Crippen LogP) is 1.44. The predicted molar refractivity (Wildman–Crippen MR) is 44.2 cm³/mol. The summed E-state index contributed by atoms with van der Waals surface area (Å²) in [6.45, 7) is 2.08. The second kappa shape index (κ2) is 2.91. The summed E-state index contributed by atoms with van der Waals surface area (Å²) in [5, 5.41) is 3.72. The Kier molecular flexibility index (Phi) is 2.34. The number of hydrogen-bond donors (Lipinski definition) is 1. The van der Waals surface area contributed by atoms with Crippen LogP contribution in [0, 0.1) is 0 Å². The topological polar surface area (TPSA) is 29.1 Å². The number of hydrogen-bond acceptors (Lipinski definition) is 1. The van der Waals surface area contributed by atoms with E-state index in [1.54, 1.807) is 0 Å². The quantitative estimate of drug-likeness (QED) is 0.695. The van der Waals surface area contributed by atoms with Crippen LogP contribution in [0.2, 0.25) is 0 Å². The van der Waals surface area contributed by atoms with Crippen LogP contribution in [0.25, 0.3) is 0 Å². The maximum atomic E-state index is 11.0. The van der Waals surface area contributed by atoms with Crippen LogP contribution in [-0.4, -0.2) is 16.8 Å². The highest BCUT2D eigenvalue weighted by Gasteiger charge is 2.38. The van der Waals surface area contributed by atoms with Crippen molar-refractivity contribution in [2.24, 2.45) is 0 Å². The van der Waals surface area contributed by atoms with E-state index in [1.165, 1.54) is 0 Å². The lowest BCUT2D eigenvalue weighted by Crippen LogP contribution is -2.34. The van der Waals surface area contributed by atoms with Crippen LogP contribution >= 0.6 is 15.9 Å². The van der Waals surface area contributed by atoms with Crippen LogP contribution in [0.3, 0.4) is 0 Å². The van der Waals surface area contributed by atoms with E-state index >= 15 is 0 Å². The number of halogens is 1. The summed E-state index contributed by atoms with van der Waals surface area (Å²) in [7, 11) is 0. The molecule has 0 aromatic heterocycles. The van der Waals surface area contributed by atoms with Crippen molar-refractivity contribution in [3.63, 3.8) is 0 Å². The molecule has 0 radical (unpaired) electrons. The molecule has 10 heavy (non-hydrogen) atoms. The Balaban J connectivity index is 2.18. The summed E-state index contributed by atoms with van der Waals surface area (Å²) in [6.07, 6.45) is 2.87. The van der Waals surface area contributed by atoms with E-state index in [0.29, 0.717) is 6.42 Å². The molecule has 0 unspecified atom stereocenters. The number of carbonyl (C=O) groups is 1. The van der Waals surface area contributed by atoms with Gasteiger partial charge in [-0.25, -0.2) is 0 Å². The Hall–Kier alpha value is -0.0500. The van der Waals surface area contributed by atoms with E-state index in [1.807, 2.05) is 0 Å². The fourth-order valence-electron chi connectivity index (χ4n) is 0.797. The minimum Gasteiger partial charge on any atom is -0.351 e. The number of carbonyl (C=O) groups excluding carboxylic acids is 1. The molecule has 0 bridgehead atoms. The Morgan fingerprint density at radius 2 is 2.30 bits per heavy atom. The molecule has 0 spiro atoms. The van der Waals surface area contributed by atoms with Crippen LogP contribution in [0.4, 0.5) is 0 Å². The average Bonchev–Trinajstić information content (AvgIpc) is 2.48. The maximum Gasteiger partial charge on any atom is 0.221 e. The van der Waals surface area contributed by atoms with Gasteiger partial charge in [0.1, 0.15) is 0 Å². The molecule has 0 atom stereocenters. The Morgan fingerprint density at radius 3 is 2.70 bits per heavy atom. The first-order valence-electron chi connectivity index (χ1n) is 3.53. The summed E-state index contributed by atoms with van der Waals surface area (Å²) in [5.74, 6) is 0.164. The van der Waals surface area contributed by atoms with Crippen molar-refractivity contribution in [1.29, 1.82) is 0 Å². The standard InChI is InChI=1S/C7H12BrNO/c1-7(3-4-7)9-6(10)2-5-8/h2-5H2,1H3,(H,9,10). The van der Waals surface area contributed by atoms with Gasteiger partial charge in [0.15, 0.2) is 0 Å². The van der Waals surface area contributed by atoms with E-state index in [0.717, 1.165) is 18.2 Å². The molecular weight excluding hydrogens is 194 g/mol. The van der Waals surface area contributed by atoms with Gasteiger partial charge in [-0.1, -0.05) is 15.9 Å². The molecule has 0 aromatic rings. The van der Waals surface area contributed by atoms with Crippen LogP contribution in [-0.2, 0) is 4.79 Å². The molecule has 3 heteroatoms. The van der Waals surface area contributed by atoms with E-state index in [2.05, 4.69) is 28.2 Å². The average molecular weight is 206 g/mol. The zero-order valence-corrected chi connectivity index (χ0v) is 7.70. The highest BCUT2D eigenvalue weighted by atomic mass is 79.9.